The third-order valence-electron chi connectivity index (χ3n) is 2.80. The highest BCUT2D eigenvalue weighted by atomic mass is 15.1. The van der Waals surface area contributed by atoms with Crippen LogP contribution in [0.4, 0.5) is 0 Å². The number of hydrogen-bond donors (Lipinski definition) is 0. The van der Waals surface area contributed by atoms with Gasteiger partial charge in [-0.1, -0.05) is 46.0 Å². The van der Waals surface area contributed by atoms with Crippen LogP contribution < -0.4 is 0 Å². The molecule has 0 aliphatic rings. The Morgan fingerprint density at radius 3 is 2.06 bits per heavy atom. The largest absolute Gasteiger partial charge is 0.366 e. The summed E-state index contributed by atoms with van der Waals surface area (Å²) >= 11 is 0. The molecule has 0 aromatic carbocycles. The molecular weight excluding hydrogens is 196 g/mol. The fourth-order valence-corrected chi connectivity index (χ4v) is 1.77. The van der Waals surface area contributed by atoms with Crippen molar-refractivity contribution in [1.82, 2.24) is 4.90 Å². The average molecular weight is 226 g/mol. The predicted molar refractivity (Wildman–Crippen MR) is 74.3 cm³/mol. The van der Waals surface area contributed by atoms with Gasteiger partial charge < -0.3 is 4.90 Å². The van der Waals surface area contributed by atoms with Gasteiger partial charge in [-0.05, 0) is 12.8 Å². The molecule has 0 heterocycles. The first-order chi connectivity index (χ1) is 7.72. The second kappa shape index (κ2) is 11.0. The van der Waals surface area contributed by atoms with Crippen LogP contribution in [0.15, 0.2) is 4.99 Å². The molecule has 2 nitrogen and oxygen atoms in total. The summed E-state index contributed by atoms with van der Waals surface area (Å²) in [6.07, 6.45) is 10.4. The van der Waals surface area contributed by atoms with E-state index in [1.54, 1.807) is 0 Å². The van der Waals surface area contributed by atoms with Crippen molar-refractivity contribution in [1.29, 1.82) is 0 Å². The van der Waals surface area contributed by atoms with E-state index in [1.807, 2.05) is 0 Å². The van der Waals surface area contributed by atoms with Gasteiger partial charge in [0.1, 0.15) is 0 Å². The molecule has 0 amide bonds. The summed E-state index contributed by atoms with van der Waals surface area (Å²) in [5.74, 6) is 1.26. The lowest BCUT2D eigenvalue weighted by Crippen LogP contribution is -2.22. The molecule has 96 valence electrons. The van der Waals surface area contributed by atoms with Crippen molar-refractivity contribution in [3.05, 3.63) is 0 Å². The van der Waals surface area contributed by atoms with Crippen LogP contribution >= 0.6 is 0 Å². The highest BCUT2D eigenvalue weighted by Gasteiger charge is 1.99. The van der Waals surface area contributed by atoms with E-state index in [-0.39, 0.29) is 0 Å². The monoisotopic (exact) mass is 226 g/mol. The van der Waals surface area contributed by atoms with Crippen molar-refractivity contribution in [2.75, 3.05) is 20.6 Å². The van der Waals surface area contributed by atoms with E-state index in [0.717, 1.165) is 13.0 Å². The van der Waals surface area contributed by atoms with E-state index in [2.05, 4.69) is 37.8 Å². The number of unbranched alkanes of at least 4 members (excludes halogenated alkanes) is 5. The van der Waals surface area contributed by atoms with E-state index < -0.39 is 0 Å². The predicted octanol–water partition coefficient (Wildman–Crippen LogP) is 4.11. The molecule has 0 radical (unpaired) electrons. The molecule has 0 aliphatic carbocycles. The Hall–Kier alpha value is -0.530. The van der Waals surface area contributed by atoms with Gasteiger partial charge in [0.15, 0.2) is 0 Å². The maximum atomic E-state index is 4.67. The lowest BCUT2D eigenvalue weighted by molar-refractivity contribution is 0.584. The van der Waals surface area contributed by atoms with Crippen LogP contribution in [0, 0.1) is 0 Å². The summed E-state index contributed by atoms with van der Waals surface area (Å²) in [5.41, 5.74) is 0. The van der Waals surface area contributed by atoms with Gasteiger partial charge >= 0.3 is 0 Å². The second-order valence-electron chi connectivity index (χ2n) is 4.71. The topological polar surface area (TPSA) is 15.6 Å². The zero-order chi connectivity index (χ0) is 12.2. The van der Waals surface area contributed by atoms with Crippen molar-refractivity contribution >= 4 is 5.84 Å². The SMILES string of the molecule is CCCCCCCCN=C(CCC)N(C)C. The van der Waals surface area contributed by atoms with Crippen molar-refractivity contribution in [2.45, 2.75) is 65.2 Å². The zero-order valence-electron chi connectivity index (χ0n) is 11.8. The first kappa shape index (κ1) is 15.5. The summed E-state index contributed by atoms with van der Waals surface area (Å²) < 4.78 is 0. The minimum absolute atomic E-state index is 1.01. The van der Waals surface area contributed by atoms with E-state index in [1.165, 1.54) is 50.8 Å². The Labute approximate surface area is 102 Å². The van der Waals surface area contributed by atoms with Crippen LogP contribution in [0.25, 0.3) is 0 Å². The molecule has 0 N–H and O–H groups in total. The maximum Gasteiger partial charge on any atom is 0.0983 e. The molecule has 0 aromatic heterocycles. The smallest absolute Gasteiger partial charge is 0.0983 e. The first-order valence-electron chi connectivity index (χ1n) is 6.93. The molecular formula is C14H30N2. The van der Waals surface area contributed by atoms with E-state index in [0.29, 0.717) is 0 Å². The van der Waals surface area contributed by atoms with Gasteiger partial charge in [0.05, 0.1) is 5.84 Å². The lowest BCUT2D eigenvalue weighted by Gasteiger charge is -2.15. The lowest BCUT2D eigenvalue weighted by atomic mass is 10.1. The van der Waals surface area contributed by atoms with Crippen LogP contribution in [0.3, 0.4) is 0 Å². The summed E-state index contributed by atoms with van der Waals surface area (Å²) in [5, 5.41) is 0. The minimum atomic E-state index is 1.01. The summed E-state index contributed by atoms with van der Waals surface area (Å²) in [6.45, 7) is 5.49. The maximum absolute atomic E-state index is 4.67. The Morgan fingerprint density at radius 1 is 0.875 bits per heavy atom. The molecule has 0 saturated heterocycles. The average Bonchev–Trinajstić information content (AvgIpc) is 2.26. The zero-order valence-corrected chi connectivity index (χ0v) is 11.8. The molecule has 0 bridgehead atoms. The Morgan fingerprint density at radius 2 is 1.50 bits per heavy atom. The van der Waals surface area contributed by atoms with Gasteiger partial charge in [-0.3, -0.25) is 4.99 Å². The highest BCUT2D eigenvalue weighted by Crippen LogP contribution is 2.05. The van der Waals surface area contributed by atoms with Crippen LogP contribution in [0.2, 0.25) is 0 Å². The first-order valence-corrected chi connectivity index (χ1v) is 6.93. The fourth-order valence-electron chi connectivity index (χ4n) is 1.77. The van der Waals surface area contributed by atoms with Crippen molar-refractivity contribution < 1.29 is 0 Å². The van der Waals surface area contributed by atoms with Gasteiger partial charge in [0, 0.05) is 27.1 Å². The third-order valence-corrected chi connectivity index (χ3v) is 2.80. The molecule has 0 unspecified atom stereocenters. The van der Waals surface area contributed by atoms with Crippen LogP contribution in [0.5, 0.6) is 0 Å². The van der Waals surface area contributed by atoms with Gasteiger partial charge in [-0.15, -0.1) is 0 Å². The molecule has 0 fully saturated rings. The van der Waals surface area contributed by atoms with Gasteiger partial charge in [-0.25, -0.2) is 0 Å². The second-order valence-corrected chi connectivity index (χ2v) is 4.71. The third kappa shape index (κ3) is 8.75. The normalized spacial score (nSPS) is 11.9. The molecule has 16 heavy (non-hydrogen) atoms. The Bertz CT molecular complexity index is 174. The Balaban J connectivity index is 3.54. The van der Waals surface area contributed by atoms with Gasteiger partial charge in [0.25, 0.3) is 0 Å². The van der Waals surface area contributed by atoms with Crippen molar-refractivity contribution in [2.24, 2.45) is 4.99 Å². The van der Waals surface area contributed by atoms with Gasteiger partial charge in [0.2, 0.25) is 0 Å². The molecule has 0 aliphatic heterocycles. The van der Waals surface area contributed by atoms with Crippen LogP contribution in [-0.4, -0.2) is 31.4 Å². The molecule has 0 aromatic rings. The Kier molecular flexibility index (Phi) is 10.6. The minimum Gasteiger partial charge on any atom is -0.366 e. The number of hydrogen-bond acceptors (Lipinski definition) is 1. The van der Waals surface area contributed by atoms with E-state index >= 15 is 0 Å². The van der Waals surface area contributed by atoms with E-state index in [4.69, 9.17) is 0 Å². The molecule has 2 heteroatoms. The highest BCUT2D eigenvalue weighted by molar-refractivity contribution is 5.81. The number of nitrogens with zero attached hydrogens (tertiary/aromatic N) is 2. The standard InChI is InChI=1S/C14H30N2/c1-5-7-8-9-10-11-13-15-14(12-6-2)16(3)4/h5-13H2,1-4H3. The molecule has 0 rings (SSSR count). The number of aliphatic imine (C=N–C) groups is 1. The van der Waals surface area contributed by atoms with Crippen LogP contribution in [-0.2, 0) is 0 Å². The summed E-state index contributed by atoms with van der Waals surface area (Å²) in [6, 6.07) is 0. The molecule has 0 atom stereocenters. The van der Waals surface area contributed by atoms with Crippen molar-refractivity contribution in [3.8, 4) is 0 Å². The van der Waals surface area contributed by atoms with Crippen molar-refractivity contribution in [3.63, 3.8) is 0 Å². The quantitative estimate of drug-likeness (QED) is 0.328. The fraction of sp³-hybridized carbons (Fsp3) is 0.929. The molecule has 0 saturated carbocycles. The summed E-state index contributed by atoms with van der Waals surface area (Å²) in [4.78, 5) is 6.83. The number of amidine groups is 1. The number of rotatable bonds is 9. The van der Waals surface area contributed by atoms with Crippen LogP contribution in [0.1, 0.15) is 65.2 Å². The van der Waals surface area contributed by atoms with E-state index in [9.17, 15) is 0 Å². The van der Waals surface area contributed by atoms with Gasteiger partial charge in [-0.2, -0.15) is 0 Å². The summed E-state index contributed by atoms with van der Waals surface area (Å²) in [7, 11) is 4.19. The molecule has 0 spiro atoms.